The van der Waals surface area contributed by atoms with Crippen LogP contribution in [0.5, 0.6) is 11.5 Å². The number of anilines is 1. The van der Waals surface area contributed by atoms with Crippen LogP contribution in [0.15, 0.2) is 74.3 Å². The predicted octanol–water partition coefficient (Wildman–Crippen LogP) is 5.89. The van der Waals surface area contributed by atoms with Crippen LogP contribution in [-0.2, 0) is 4.74 Å². The quantitative estimate of drug-likeness (QED) is 0.253. The Hall–Kier alpha value is -4.11. The summed E-state index contributed by atoms with van der Waals surface area (Å²) in [5.41, 5.74) is 1.70. The van der Waals surface area contributed by atoms with Crippen molar-refractivity contribution in [2.45, 2.75) is 19.9 Å². The first kappa shape index (κ1) is 25.5. The van der Waals surface area contributed by atoms with E-state index in [-0.39, 0.29) is 23.4 Å². The number of rotatable bonds is 7. The number of esters is 1. The Morgan fingerprint density at radius 2 is 1.74 bits per heavy atom. The van der Waals surface area contributed by atoms with Crippen molar-refractivity contribution in [2.75, 3.05) is 25.2 Å². The van der Waals surface area contributed by atoms with Gasteiger partial charge in [0, 0.05) is 10.2 Å². The minimum atomic E-state index is -0.810. The summed E-state index contributed by atoms with van der Waals surface area (Å²) in [6, 6.07) is 16.0. The van der Waals surface area contributed by atoms with Gasteiger partial charge in [-0.1, -0.05) is 22.0 Å². The van der Waals surface area contributed by atoms with Gasteiger partial charge < -0.3 is 18.6 Å². The normalized spacial score (nSPS) is 14.5. The van der Waals surface area contributed by atoms with Crippen LogP contribution >= 0.6 is 15.9 Å². The van der Waals surface area contributed by atoms with Gasteiger partial charge in [0.2, 0.25) is 5.76 Å². The molecule has 0 saturated carbocycles. The molecule has 0 radical (unpaired) electrons. The van der Waals surface area contributed by atoms with Crippen molar-refractivity contribution < 1.29 is 28.2 Å². The molecule has 1 aliphatic heterocycles. The Kier molecular flexibility index (Phi) is 6.94. The number of ether oxygens (including phenoxy) is 3. The molecule has 1 atom stereocenters. The van der Waals surface area contributed by atoms with E-state index in [1.54, 1.807) is 67.6 Å². The van der Waals surface area contributed by atoms with Gasteiger partial charge in [-0.3, -0.25) is 14.5 Å². The second kappa shape index (κ2) is 10.3. The summed E-state index contributed by atoms with van der Waals surface area (Å²) in [7, 11) is 1.53. The van der Waals surface area contributed by atoms with E-state index >= 15 is 0 Å². The van der Waals surface area contributed by atoms with Crippen LogP contribution in [0.4, 0.5) is 5.69 Å². The zero-order chi connectivity index (χ0) is 27.0. The van der Waals surface area contributed by atoms with E-state index in [0.29, 0.717) is 50.4 Å². The lowest BCUT2D eigenvalue weighted by atomic mass is 9.97. The largest absolute Gasteiger partial charge is 0.493 e. The number of hydrogen-bond acceptors (Lipinski definition) is 7. The van der Waals surface area contributed by atoms with Crippen molar-refractivity contribution in [1.82, 2.24) is 0 Å². The molecule has 0 spiro atoms. The summed E-state index contributed by atoms with van der Waals surface area (Å²) in [5.74, 6) is 0.0521. The van der Waals surface area contributed by atoms with Crippen molar-refractivity contribution in [3.63, 3.8) is 0 Å². The summed E-state index contributed by atoms with van der Waals surface area (Å²) in [6.45, 7) is 4.30. The highest BCUT2D eigenvalue weighted by Crippen LogP contribution is 2.43. The summed E-state index contributed by atoms with van der Waals surface area (Å²) in [4.78, 5) is 41.3. The van der Waals surface area contributed by atoms with E-state index in [4.69, 9.17) is 18.6 Å². The number of halogens is 1. The molecule has 0 bridgehead atoms. The molecule has 8 nitrogen and oxygen atoms in total. The summed E-state index contributed by atoms with van der Waals surface area (Å²) in [6.07, 6.45) is 0. The molecule has 194 valence electrons. The number of hydrogen-bond donors (Lipinski definition) is 0. The lowest BCUT2D eigenvalue weighted by Gasteiger charge is -2.26. The number of methoxy groups -OCH3 is 1. The zero-order valence-corrected chi connectivity index (χ0v) is 22.5. The molecule has 1 aromatic heterocycles. The van der Waals surface area contributed by atoms with Gasteiger partial charge in [-0.05, 0) is 74.0 Å². The first-order valence-corrected chi connectivity index (χ1v) is 12.8. The van der Waals surface area contributed by atoms with Crippen molar-refractivity contribution >= 4 is 44.5 Å². The van der Waals surface area contributed by atoms with Crippen molar-refractivity contribution in [3.8, 4) is 11.5 Å². The number of amides is 1. The van der Waals surface area contributed by atoms with Gasteiger partial charge in [-0.15, -0.1) is 0 Å². The molecule has 1 unspecified atom stereocenters. The second-order valence-corrected chi connectivity index (χ2v) is 9.42. The Bertz CT molecular complexity index is 1610. The van der Waals surface area contributed by atoms with Crippen LogP contribution < -0.4 is 19.8 Å². The van der Waals surface area contributed by atoms with Gasteiger partial charge >= 0.3 is 5.97 Å². The van der Waals surface area contributed by atoms with Crippen LogP contribution in [0.2, 0.25) is 0 Å². The molecule has 5 rings (SSSR count). The fourth-order valence-electron chi connectivity index (χ4n) is 4.63. The Morgan fingerprint density at radius 1 is 0.974 bits per heavy atom. The minimum Gasteiger partial charge on any atom is -0.493 e. The average Bonchev–Trinajstić information content (AvgIpc) is 3.22. The summed E-state index contributed by atoms with van der Waals surface area (Å²) in [5, 5.41) is 0.355. The first-order valence-electron chi connectivity index (χ1n) is 12.1. The van der Waals surface area contributed by atoms with Gasteiger partial charge in [-0.2, -0.15) is 0 Å². The van der Waals surface area contributed by atoms with E-state index in [2.05, 4.69) is 15.9 Å². The molecule has 1 amide bonds. The topological polar surface area (TPSA) is 95.3 Å². The Morgan fingerprint density at radius 3 is 2.42 bits per heavy atom. The molecule has 0 saturated heterocycles. The van der Waals surface area contributed by atoms with Gasteiger partial charge in [0.05, 0.1) is 42.9 Å². The van der Waals surface area contributed by atoms with Gasteiger partial charge in [0.15, 0.2) is 16.9 Å². The third-order valence-electron chi connectivity index (χ3n) is 6.29. The molecule has 0 aliphatic carbocycles. The fourth-order valence-corrected chi connectivity index (χ4v) is 4.99. The maximum absolute atomic E-state index is 13.8. The standard InChI is InChI=1S/C29H24BrNO7/c1-4-36-22-12-8-17(14-23(22)35-3)25-24-26(32)20-15-18(30)9-13-21(20)38-27(24)28(33)31(25)19-10-6-16(7-11-19)29(34)37-5-2/h6-15,25H,4-5H2,1-3H3. The number of carbonyl (C=O) groups excluding carboxylic acids is 2. The van der Waals surface area contributed by atoms with Crippen LogP contribution in [0.25, 0.3) is 11.0 Å². The molecule has 9 heteroatoms. The second-order valence-electron chi connectivity index (χ2n) is 8.50. The third-order valence-corrected chi connectivity index (χ3v) is 6.79. The Labute approximate surface area is 226 Å². The van der Waals surface area contributed by atoms with E-state index in [1.807, 2.05) is 6.92 Å². The predicted molar refractivity (Wildman–Crippen MR) is 145 cm³/mol. The van der Waals surface area contributed by atoms with E-state index in [1.165, 1.54) is 12.0 Å². The van der Waals surface area contributed by atoms with Crippen LogP contribution in [0.3, 0.4) is 0 Å². The summed E-state index contributed by atoms with van der Waals surface area (Å²) >= 11 is 3.41. The van der Waals surface area contributed by atoms with Crippen LogP contribution in [0.1, 0.15) is 51.9 Å². The maximum atomic E-state index is 13.8. The maximum Gasteiger partial charge on any atom is 0.338 e. The number of carbonyl (C=O) groups is 2. The van der Waals surface area contributed by atoms with Crippen molar-refractivity contribution in [2.24, 2.45) is 0 Å². The minimum absolute atomic E-state index is 0.0304. The first-order chi connectivity index (χ1) is 18.4. The van der Waals surface area contributed by atoms with Gasteiger partial charge in [0.1, 0.15) is 5.58 Å². The van der Waals surface area contributed by atoms with E-state index < -0.39 is 17.9 Å². The molecule has 3 aromatic carbocycles. The van der Waals surface area contributed by atoms with Crippen molar-refractivity contribution in [3.05, 3.63) is 97.8 Å². The highest BCUT2D eigenvalue weighted by Gasteiger charge is 2.44. The highest BCUT2D eigenvalue weighted by molar-refractivity contribution is 9.10. The van der Waals surface area contributed by atoms with Crippen molar-refractivity contribution in [1.29, 1.82) is 0 Å². The lowest BCUT2D eigenvalue weighted by Crippen LogP contribution is -2.29. The third kappa shape index (κ3) is 4.32. The number of fused-ring (bicyclic) bond motifs is 2. The zero-order valence-electron chi connectivity index (χ0n) is 20.9. The fraction of sp³-hybridized carbons (Fsp3) is 0.207. The molecule has 0 N–H and O–H groups in total. The smallest absolute Gasteiger partial charge is 0.338 e. The Balaban J connectivity index is 1.72. The molecule has 4 aromatic rings. The summed E-state index contributed by atoms with van der Waals surface area (Å²) < 4.78 is 23.0. The molecule has 2 heterocycles. The monoisotopic (exact) mass is 577 g/mol. The van der Waals surface area contributed by atoms with Crippen LogP contribution in [-0.4, -0.2) is 32.2 Å². The van der Waals surface area contributed by atoms with Gasteiger partial charge in [0.25, 0.3) is 5.91 Å². The lowest BCUT2D eigenvalue weighted by molar-refractivity contribution is 0.0526. The van der Waals surface area contributed by atoms with Crippen LogP contribution in [0, 0.1) is 0 Å². The van der Waals surface area contributed by atoms with Gasteiger partial charge in [-0.25, -0.2) is 4.79 Å². The molecule has 0 fully saturated rings. The molecule has 1 aliphatic rings. The number of nitrogens with zero attached hydrogens (tertiary/aromatic N) is 1. The molecular weight excluding hydrogens is 554 g/mol. The molecular formula is C29H24BrNO7. The molecule has 38 heavy (non-hydrogen) atoms. The van der Waals surface area contributed by atoms with E-state index in [9.17, 15) is 14.4 Å². The number of benzene rings is 3. The average molecular weight is 578 g/mol. The highest BCUT2D eigenvalue weighted by atomic mass is 79.9. The van der Waals surface area contributed by atoms with E-state index in [0.717, 1.165) is 0 Å². The SMILES string of the molecule is CCOC(=O)c1ccc(N2C(=O)c3oc4ccc(Br)cc4c(=O)c3C2c2ccc(OCC)c(OC)c2)cc1.